The van der Waals surface area contributed by atoms with Crippen LogP contribution in [-0.2, 0) is 4.74 Å². The van der Waals surface area contributed by atoms with Gasteiger partial charge in [0, 0.05) is 5.41 Å². The average Bonchev–Trinajstić information content (AvgIpc) is 2.83. The van der Waals surface area contributed by atoms with Crippen molar-refractivity contribution in [3.63, 3.8) is 0 Å². The number of hydrogen-bond acceptors (Lipinski definition) is 2. The van der Waals surface area contributed by atoms with E-state index in [-0.39, 0.29) is 11.4 Å². The first-order valence-electron chi connectivity index (χ1n) is 6.75. The van der Waals surface area contributed by atoms with Crippen LogP contribution in [0.4, 0.5) is 0 Å². The highest BCUT2D eigenvalue weighted by atomic mass is 16.5. The van der Waals surface area contributed by atoms with Gasteiger partial charge < -0.3 is 4.74 Å². The Morgan fingerprint density at radius 2 is 1.95 bits per heavy atom. The number of rotatable bonds is 2. The van der Waals surface area contributed by atoms with Crippen LogP contribution < -0.4 is 0 Å². The highest BCUT2D eigenvalue weighted by Crippen LogP contribution is 2.48. The van der Waals surface area contributed by atoms with Gasteiger partial charge in [0.05, 0.1) is 5.56 Å². The molecule has 0 amide bonds. The Labute approximate surface area is 113 Å². The Kier molecular flexibility index (Phi) is 2.81. The molecule has 0 unspecified atom stereocenters. The third-order valence-electron chi connectivity index (χ3n) is 4.26. The van der Waals surface area contributed by atoms with Gasteiger partial charge in [0.2, 0.25) is 0 Å². The number of hydrogen-bond donors (Lipinski definition) is 0. The number of carbonyl (C=O) groups excluding carboxylic acids is 1. The second-order valence-corrected chi connectivity index (χ2v) is 5.90. The largest absolute Gasteiger partial charge is 0.427 e. The van der Waals surface area contributed by atoms with Crippen molar-refractivity contribution in [2.45, 2.75) is 20.3 Å². The van der Waals surface area contributed by atoms with Gasteiger partial charge >= 0.3 is 5.97 Å². The average molecular weight is 254 g/mol. The Bertz CT molecular complexity index is 552. The zero-order chi connectivity index (χ0) is 13.5. The number of esters is 1. The molecule has 0 spiro atoms. The van der Waals surface area contributed by atoms with Gasteiger partial charge in [-0.2, -0.15) is 0 Å². The van der Waals surface area contributed by atoms with Gasteiger partial charge in [0.15, 0.2) is 0 Å². The van der Waals surface area contributed by atoms with Gasteiger partial charge in [0.25, 0.3) is 0 Å². The first-order valence-corrected chi connectivity index (χ1v) is 6.75. The van der Waals surface area contributed by atoms with E-state index in [1.54, 1.807) is 12.1 Å². The van der Waals surface area contributed by atoms with E-state index in [2.05, 4.69) is 32.1 Å². The quantitative estimate of drug-likeness (QED) is 0.590. The molecule has 0 saturated carbocycles. The van der Waals surface area contributed by atoms with Crippen LogP contribution >= 0.6 is 0 Å². The molecule has 0 saturated heterocycles. The predicted octanol–water partition coefficient (Wildman–Crippen LogP) is 3.96. The summed E-state index contributed by atoms with van der Waals surface area (Å²) in [4.78, 5) is 12.2. The lowest BCUT2D eigenvalue weighted by atomic mass is 9.72. The molecule has 19 heavy (non-hydrogen) atoms. The molecule has 2 heteroatoms. The normalized spacial score (nSPS) is 26.9. The van der Waals surface area contributed by atoms with Gasteiger partial charge in [-0.3, -0.25) is 0 Å². The van der Waals surface area contributed by atoms with Crippen LogP contribution in [0.5, 0.6) is 0 Å². The zero-order valence-corrected chi connectivity index (χ0v) is 11.3. The number of benzene rings is 1. The van der Waals surface area contributed by atoms with Gasteiger partial charge in [-0.15, -0.1) is 0 Å². The van der Waals surface area contributed by atoms with Crippen LogP contribution in [0.2, 0.25) is 0 Å². The molecule has 1 aromatic rings. The van der Waals surface area contributed by atoms with E-state index >= 15 is 0 Å². The maximum atomic E-state index is 12.2. The van der Waals surface area contributed by atoms with Crippen molar-refractivity contribution in [3.05, 3.63) is 59.9 Å². The van der Waals surface area contributed by atoms with Crippen molar-refractivity contribution in [3.8, 4) is 0 Å². The summed E-state index contributed by atoms with van der Waals surface area (Å²) in [6, 6.07) is 9.16. The predicted molar refractivity (Wildman–Crippen MR) is 74.5 cm³/mol. The summed E-state index contributed by atoms with van der Waals surface area (Å²) in [7, 11) is 0. The molecule has 0 N–H and O–H groups in total. The fraction of sp³-hybridized carbons (Fsp3) is 0.353. The highest BCUT2D eigenvalue weighted by molar-refractivity contribution is 5.90. The SMILES string of the molecule is CC1(C)C(OC(=O)c2ccccc2)=C[C@@H]2C=C[C@H]1C2. The zero-order valence-electron chi connectivity index (χ0n) is 11.3. The molecule has 2 aliphatic rings. The summed E-state index contributed by atoms with van der Waals surface area (Å²) in [6.45, 7) is 4.29. The van der Waals surface area contributed by atoms with E-state index in [9.17, 15) is 4.79 Å². The summed E-state index contributed by atoms with van der Waals surface area (Å²) in [5, 5.41) is 0. The molecular formula is C17H18O2. The van der Waals surface area contributed by atoms with Crippen molar-refractivity contribution in [2.75, 3.05) is 0 Å². The molecule has 2 bridgehead atoms. The minimum absolute atomic E-state index is 0.103. The molecule has 3 rings (SSSR count). The van der Waals surface area contributed by atoms with E-state index in [0.29, 0.717) is 17.4 Å². The van der Waals surface area contributed by atoms with Crippen LogP contribution in [0.3, 0.4) is 0 Å². The van der Waals surface area contributed by atoms with Gasteiger partial charge in [-0.25, -0.2) is 4.79 Å². The Morgan fingerprint density at radius 1 is 1.21 bits per heavy atom. The third kappa shape index (κ3) is 2.12. The summed E-state index contributed by atoms with van der Waals surface area (Å²) in [5.74, 6) is 1.45. The lowest BCUT2D eigenvalue weighted by molar-refractivity contribution is 0.0488. The molecule has 0 heterocycles. The summed E-state index contributed by atoms with van der Waals surface area (Å²) < 4.78 is 5.66. The van der Waals surface area contributed by atoms with E-state index in [1.165, 1.54) is 0 Å². The number of allylic oxidation sites excluding steroid dienone is 4. The Hall–Kier alpha value is -1.83. The molecular weight excluding hydrogens is 236 g/mol. The van der Waals surface area contributed by atoms with E-state index in [1.807, 2.05) is 18.2 Å². The molecule has 1 aromatic carbocycles. The van der Waals surface area contributed by atoms with E-state index in [0.717, 1.165) is 12.2 Å². The molecule has 0 aliphatic heterocycles. The lowest BCUT2D eigenvalue weighted by Gasteiger charge is -2.36. The van der Waals surface area contributed by atoms with E-state index < -0.39 is 0 Å². The maximum absolute atomic E-state index is 12.2. The minimum Gasteiger partial charge on any atom is -0.427 e. The van der Waals surface area contributed by atoms with Crippen LogP contribution in [0.25, 0.3) is 0 Å². The van der Waals surface area contributed by atoms with Crippen molar-refractivity contribution in [1.82, 2.24) is 0 Å². The van der Waals surface area contributed by atoms with Crippen molar-refractivity contribution >= 4 is 5.97 Å². The molecule has 98 valence electrons. The first-order chi connectivity index (χ1) is 9.07. The highest BCUT2D eigenvalue weighted by Gasteiger charge is 2.41. The molecule has 0 radical (unpaired) electrons. The van der Waals surface area contributed by atoms with Gasteiger partial charge in [0.1, 0.15) is 5.76 Å². The Balaban J connectivity index is 1.82. The fourth-order valence-corrected chi connectivity index (χ4v) is 2.88. The van der Waals surface area contributed by atoms with Crippen LogP contribution in [0.1, 0.15) is 30.6 Å². The number of carbonyl (C=O) groups is 1. The topological polar surface area (TPSA) is 26.3 Å². The second kappa shape index (κ2) is 4.37. The van der Waals surface area contributed by atoms with Crippen molar-refractivity contribution in [2.24, 2.45) is 17.3 Å². The van der Waals surface area contributed by atoms with Crippen LogP contribution in [0.15, 0.2) is 54.3 Å². The monoisotopic (exact) mass is 254 g/mol. The summed E-state index contributed by atoms with van der Waals surface area (Å²) in [5.41, 5.74) is 0.499. The van der Waals surface area contributed by atoms with Crippen molar-refractivity contribution in [1.29, 1.82) is 0 Å². The Morgan fingerprint density at radius 3 is 2.68 bits per heavy atom. The number of ether oxygens (including phenoxy) is 1. The van der Waals surface area contributed by atoms with E-state index in [4.69, 9.17) is 4.74 Å². The lowest BCUT2D eigenvalue weighted by Crippen LogP contribution is -2.30. The van der Waals surface area contributed by atoms with Gasteiger partial charge in [-0.05, 0) is 36.5 Å². The summed E-state index contributed by atoms with van der Waals surface area (Å²) >= 11 is 0. The smallest absolute Gasteiger partial charge is 0.343 e. The summed E-state index contributed by atoms with van der Waals surface area (Å²) in [6.07, 6.45) is 7.71. The molecule has 2 nitrogen and oxygen atoms in total. The standard InChI is InChI=1S/C17H18O2/c1-17(2)14-9-8-12(10-14)11-15(17)19-16(18)13-6-4-3-5-7-13/h3-9,11-12,14H,10H2,1-2H3/t12-,14+/m1/s1. The second-order valence-electron chi connectivity index (χ2n) is 5.90. The molecule has 0 aromatic heterocycles. The molecule has 2 aliphatic carbocycles. The van der Waals surface area contributed by atoms with Gasteiger partial charge in [-0.1, -0.05) is 44.2 Å². The molecule has 2 atom stereocenters. The van der Waals surface area contributed by atoms with Crippen LogP contribution in [-0.4, -0.2) is 5.97 Å². The first kappa shape index (κ1) is 12.2. The third-order valence-corrected chi connectivity index (χ3v) is 4.26. The fourth-order valence-electron chi connectivity index (χ4n) is 2.88. The van der Waals surface area contributed by atoms with Crippen LogP contribution in [0, 0.1) is 17.3 Å². The molecule has 0 fully saturated rings. The van der Waals surface area contributed by atoms with Crippen molar-refractivity contribution < 1.29 is 9.53 Å². The number of fused-ring (bicyclic) bond motifs is 2. The maximum Gasteiger partial charge on any atom is 0.343 e. The minimum atomic E-state index is -0.263.